The molecule has 122 valence electrons. The van der Waals surface area contributed by atoms with Gasteiger partial charge in [-0.25, -0.2) is 5.01 Å². The Morgan fingerprint density at radius 2 is 2.09 bits per heavy atom. The molecule has 0 bridgehead atoms. The lowest BCUT2D eigenvalue weighted by Crippen LogP contribution is -2.16. The Bertz CT molecular complexity index is 505. The molecule has 0 aromatic carbocycles. The number of carbonyl (C=O) groups is 1. The molecule has 0 amide bonds. The molecule has 0 rings (SSSR count). The average molecular weight is 308 g/mol. The summed E-state index contributed by atoms with van der Waals surface area (Å²) in [5.41, 5.74) is 1.73. The topological polar surface area (TPSA) is 41.9 Å². The molecule has 0 fully saturated rings. The minimum atomic E-state index is -0.709. The van der Waals surface area contributed by atoms with Gasteiger partial charge in [0.25, 0.3) is 0 Å². The zero-order chi connectivity index (χ0) is 17.1. The minimum Gasteiger partial charge on any atom is -0.501 e. The Hall–Kier alpha value is -2.17. The fraction of sp³-hybridized carbons (Fsp3) is 0.412. The molecule has 0 N–H and O–H groups in total. The molecule has 0 heterocycles. The van der Waals surface area contributed by atoms with Crippen LogP contribution < -0.4 is 0 Å². The van der Waals surface area contributed by atoms with Gasteiger partial charge in [-0.1, -0.05) is 25.2 Å². The molecule has 0 aliphatic carbocycles. The van der Waals surface area contributed by atoms with E-state index in [-0.39, 0.29) is 5.92 Å². The number of hydrazone groups is 1. The van der Waals surface area contributed by atoms with Crippen LogP contribution in [-0.4, -0.2) is 31.2 Å². The molecule has 0 aromatic heterocycles. The van der Waals surface area contributed by atoms with Crippen LogP contribution in [0.4, 0.5) is 4.39 Å². The second kappa shape index (κ2) is 10.5. The summed E-state index contributed by atoms with van der Waals surface area (Å²) >= 11 is 0. The average Bonchev–Trinajstić information content (AvgIpc) is 2.52. The number of methoxy groups -OCH3 is 1. The summed E-state index contributed by atoms with van der Waals surface area (Å²) in [5.74, 6) is -0.0127. The van der Waals surface area contributed by atoms with E-state index in [1.165, 1.54) is 7.05 Å². The molecule has 22 heavy (non-hydrogen) atoms. The normalized spacial score (nSPS) is 15.4. The fourth-order valence-electron chi connectivity index (χ4n) is 1.63. The van der Waals surface area contributed by atoms with E-state index in [1.807, 2.05) is 32.9 Å². The fourth-order valence-corrected chi connectivity index (χ4v) is 1.63. The molecule has 0 aliphatic rings. The van der Waals surface area contributed by atoms with Crippen LogP contribution in [0.5, 0.6) is 0 Å². The first-order valence-corrected chi connectivity index (χ1v) is 7.05. The van der Waals surface area contributed by atoms with Gasteiger partial charge in [0.1, 0.15) is 6.29 Å². The van der Waals surface area contributed by atoms with Gasteiger partial charge in [-0.3, -0.25) is 4.79 Å². The number of nitrogens with zero attached hydrogens (tertiary/aromatic N) is 2. The van der Waals surface area contributed by atoms with Crippen molar-refractivity contribution in [2.75, 3.05) is 14.2 Å². The molecular weight excluding hydrogens is 283 g/mol. The van der Waals surface area contributed by atoms with E-state index in [0.29, 0.717) is 12.7 Å². The molecule has 0 aromatic rings. The number of allylic oxidation sites excluding steroid dienone is 6. The van der Waals surface area contributed by atoms with Crippen LogP contribution in [0.2, 0.25) is 0 Å². The van der Waals surface area contributed by atoms with Crippen LogP contribution in [-0.2, 0) is 9.53 Å². The molecule has 0 radical (unpaired) electrons. The number of hydrogen-bond donors (Lipinski definition) is 0. The summed E-state index contributed by atoms with van der Waals surface area (Å²) in [4.78, 5) is 10.3. The van der Waals surface area contributed by atoms with Crippen LogP contribution in [0.25, 0.3) is 0 Å². The SMILES string of the molecule is C=CC(C=C/C(C)=C(\C)OC)/C(CC)=N/N(C)/C(F)=C/C=O. The van der Waals surface area contributed by atoms with Gasteiger partial charge in [0, 0.05) is 24.8 Å². The Labute approximate surface area is 132 Å². The maximum atomic E-state index is 13.5. The number of halogens is 1. The van der Waals surface area contributed by atoms with Gasteiger partial charge >= 0.3 is 0 Å². The maximum Gasteiger partial charge on any atom is 0.212 e. The minimum absolute atomic E-state index is 0.129. The lowest BCUT2D eigenvalue weighted by atomic mass is 10.00. The standard InChI is InChI=1S/C17H25FN2O2/c1-7-15(10-9-13(3)14(4)22-6)16(8-2)19-20(5)17(18)11-12-21/h7,9-12,15H,1,8H2,2-6H3/b10-9?,14-13+,17-11+,19-16+. The number of rotatable bonds is 9. The van der Waals surface area contributed by atoms with E-state index >= 15 is 0 Å². The first-order valence-electron chi connectivity index (χ1n) is 7.05. The zero-order valence-electron chi connectivity index (χ0n) is 14.0. The van der Waals surface area contributed by atoms with Crippen molar-refractivity contribution in [1.29, 1.82) is 0 Å². The third-order valence-corrected chi connectivity index (χ3v) is 3.21. The highest BCUT2D eigenvalue weighted by molar-refractivity contribution is 5.89. The predicted molar refractivity (Wildman–Crippen MR) is 89.0 cm³/mol. The third kappa shape index (κ3) is 6.52. The van der Waals surface area contributed by atoms with Gasteiger partial charge in [-0.05, 0) is 25.8 Å². The van der Waals surface area contributed by atoms with Gasteiger partial charge in [0.15, 0.2) is 0 Å². The second-order valence-electron chi connectivity index (χ2n) is 4.66. The molecule has 5 heteroatoms. The van der Waals surface area contributed by atoms with Gasteiger partial charge in [-0.2, -0.15) is 9.49 Å². The molecule has 0 spiro atoms. The van der Waals surface area contributed by atoms with Gasteiger partial charge in [0.05, 0.1) is 12.9 Å². The van der Waals surface area contributed by atoms with E-state index in [1.54, 1.807) is 13.2 Å². The molecule has 1 atom stereocenters. The van der Waals surface area contributed by atoms with Crippen molar-refractivity contribution in [3.05, 3.63) is 48.2 Å². The van der Waals surface area contributed by atoms with E-state index in [4.69, 9.17) is 4.74 Å². The predicted octanol–water partition coefficient (Wildman–Crippen LogP) is 3.99. The van der Waals surface area contributed by atoms with Crippen LogP contribution in [0, 0.1) is 5.92 Å². The lowest BCUT2D eigenvalue weighted by molar-refractivity contribution is -0.104. The first kappa shape index (κ1) is 19.8. The number of aldehydes is 1. The Kier molecular flexibility index (Phi) is 9.50. The number of hydrogen-bond acceptors (Lipinski definition) is 4. The summed E-state index contributed by atoms with van der Waals surface area (Å²) < 4.78 is 18.7. The Morgan fingerprint density at radius 3 is 2.55 bits per heavy atom. The molecule has 0 aliphatic heterocycles. The summed E-state index contributed by atoms with van der Waals surface area (Å²) in [6.07, 6.45) is 7.44. The third-order valence-electron chi connectivity index (χ3n) is 3.21. The Morgan fingerprint density at radius 1 is 1.45 bits per heavy atom. The smallest absolute Gasteiger partial charge is 0.212 e. The van der Waals surface area contributed by atoms with Crippen molar-refractivity contribution in [2.45, 2.75) is 27.2 Å². The van der Waals surface area contributed by atoms with Gasteiger partial charge < -0.3 is 4.74 Å². The molecule has 0 saturated heterocycles. The van der Waals surface area contributed by atoms with Crippen LogP contribution in [0.15, 0.2) is 53.3 Å². The van der Waals surface area contributed by atoms with Gasteiger partial charge in [-0.15, -0.1) is 6.58 Å². The summed E-state index contributed by atoms with van der Waals surface area (Å²) in [5, 5.41) is 5.25. The van der Waals surface area contributed by atoms with E-state index < -0.39 is 5.95 Å². The van der Waals surface area contributed by atoms with Gasteiger partial charge in [0.2, 0.25) is 5.95 Å². The van der Waals surface area contributed by atoms with Crippen molar-refractivity contribution < 1.29 is 13.9 Å². The van der Waals surface area contributed by atoms with Crippen molar-refractivity contribution in [3.63, 3.8) is 0 Å². The monoisotopic (exact) mass is 308 g/mol. The largest absolute Gasteiger partial charge is 0.501 e. The highest BCUT2D eigenvalue weighted by Gasteiger charge is 2.10. The van der Waals surface area contributed by atoms with Crippen molar-refractivity contribution in [3.8, 4) is 0 Å². The first-order chi connectivity index (χ1) is 10.4. The Balaban J connectivity index is 5.33. The summed E-state index contributed by atoms with van der Waals surface area (Å²) in [6, 6.07) is 0. The molecule has 4 nitrogen and oxygen atoms in total. The summed E-state index contributed by atoms with van der Waals surface area (Å²) in [7, 11) is 3.07. The van der Waals surface area contributed by atoms with Crippen molar-refractivity contribution in [2.24, 2.45) is 11.0 Å². The molecular formula is C17H25FN2O2. The lowest BCUT2D eigenvalue weighted by Gasteiger charge is -2.16. The van der Waals surface area contributed by atoms with Crippen molar-refractivity contribution >= 4 is 12.0 Å². The highest BCUT2D eigenvalue weighted by Crippen LogP contribution is 2.14. The quantitative estimate of drug-likeness (QED) is 0.0945. The van der Waals surface area contributed by atoms with E-state index in [2.05, 4.69) is 11.7 Å². The van der Waals surface area contributed by atoms with Crippen LogP contribution in [0.1, 0.15) is 27.2 Å². The van der Waals surface area contributed by atoms with Crippen molar-refractivity contribution in [1.82, 2.24) is 5.01 Å². The number of carbonyl (C=O) groups excluding carboxylic acids is 1. The van der Waals surface area contributed by atoms with Crippen LogP contribution >= 0.6 is 0 Å². The zero-order valence-corrected chi connectivity index (χ0v) is 14.0. The highest BCUT2D eigenvalue weighted by atomic mass is 19.1. The maximum absolute atomic E-state index is 13.5. The second-order valence-corrected chi connectivity index (χ2v) is 4.66. The number of ether oxygens (including phenoxy) is 1. The van der Waals surface area contributed by atoms with Crippen LogP contribution in [0.3, 0.4) is 0 Å². The molecule has 0 saturated carbocycles. The summed E-state index contributed by atoms with van der Waals surface area (Å²) in [6.45, 7) is 9.55. The van der Waals surface area contributed by atoms with E-state index in [0.717, 1.165) is 28.1 Å². The van der Waals surface area contributed by atoms with E-state index in [9.17, 15) is 9.18 Å². The molecule has 1 unspecified atom stereocenters.